The van der Waals surface area contributed by atoms with Crippen LogP contribution in [0.1, 0.15) is 142 Å². The quantitative estimate of drug-likeness (QED) is 0.109. The molecule has 0 saturated carbocycles. The van der Waals surface area contributed by atoms with Crippen LogP contribution in [-0.2, 0) is 9.59 Å². The molecule has 0 bridgehead atoms. The third kappa shape index (κ3) is 30.6. The van der Waals surface area contributed by atoms with Gasteiger partial charge in [-0.2, -0.15) is 0 Å². The molecule has 0 spiro atoms. The van der Waals surface area contributed by atoms with Crippen LogP contribution >= 0.6 is 0 Å². The molecule has 1 atom stereocenters. The molecule has 0 aromatic heterocycles. The van der Waals surface area contributed by atoms with Crippen molar-refractivity contribution in [3.8, 4) is 0 Å². The van der Waals surface area contributed by atoms with E-state index in [0.717, 1.165) is 19.3 Å². The minimum absolute atomic E-state index is 0. The van der Waals surface area contributed by atoms with Crippen molar-refractivity contribution in [2.75, 3.05) is 0 Å². The second kappa shape index (κ2) is 30.7. The maximum Gasteiger partial charge on any atom is 1.00 e. The van der Waals surface area contributed by atoms with E-state index in [1.807, 2.05) is 0 Å². The van der Waals surface area contributed by atoms with Crippen molar-refractivity contribution in [2.45, 2.75) is 142 Å². The van der Waals surface area contributed by atoms with E-state index in [9.17, 15) is 19.8 Å². The number of unbranched alkanes of at least 4 members (excludes halogenated alkanes) is 19. The first-order chi connectivity index (χ1) is 15.1. The van der Waals surface area contributed by atoms with Crippen molar-refractivity contribution in [3.05, 3.63) is 12.2 Å². The summed E-state index contributed by atoms with van der Waals surface area (Å²) in [6, 6.07) is 0. The predicted octanol–water partition coefficient (Wildman–Crippen LogP) is -0.121. The van der Waals surface area contributed by atoms with E-state index >= 15 is 0 Å². The van der Waals surface area contributed by atoms with E-state index in [1.54, 1.807) is 6.08 Å². The van der Waals surface area contributed by atoms with Crippen LogP contribution in [0.5, 0.6) is 0 Å². The van der Waals surface area contributed by atoms with Gasteiger partial charge in [-0.05, 0) is 19.3 Å². The van der Waals surface area contributed by atoms with Crippen molar-refractivity contribution < 1.29 is 78.9 Å². The molecule has 0 aromatic carbocycles. The average molecular weight is 483 g/mol. The Hall–Kier alpha value is 0.680. The maximum atomic E-state index is 10.8. The van der Waals surface area contributed by atoms with Crippen LogP contribution < -0.4 is 69.3 Å². The normalized spacial score (nSPS) is 11.7. The molecule has 33 heavy (non-hydrogen) atoms. The molecular formula is C27H48Na2O4. The van der Waals surface area contributed by atoms with Crippen molar-refractivity contribution in [3.63, 3.8) is 0 Å². The molecule has 6 heteroatoms. The van der Waals surface area contributed by atoms with Gasteiger partial charge in [0.2, 0.25) is 0 Å². The Bertz CT molecular complexity index is 455. The Labute approximate surface area is 248 Å². The molecule has 0 fully saturated rings. The average Bonchev–Trinajstić information content (AvgIpc) is 2.73. The van der Waals surface area contributed by atoms with Gasteiger partial charge in [0.15, 0.2) is 0 Å². The van der Waals surface area contributed by atoms with Crippen LogP contribution in [0.4, 0.5) is 0 Å². The van der Waals surface area contributed by atoms with E-state index in [2.05, 4.69) is 6.92 Å². The Morgan fingerprint density at radius 2 is 0.939 bits per heavy atom. The van der Waals surface area contributed by atoms with Crippen LogP contribution in [0.15, 0.2) is 12.2 Å². The molecule has 0 aliphatic rings. The van der Waals surface area contributed by atoms with E-state index in [4.69, 9.17) is 0 Å². The summed E-state index contributed by atoms with van der Waals surface area (Å²) in [6.07, 6.45) is 29.1. The second-order valence-electron chi connectivity index (χ2n) is 9.08. The number of allylic oxidation sites excluding steroid dienone is 1. The number of carbonyl (C=O) groups is 2. The molecule has 0 aromatic rings. The monoisotopic (exact) mass is 482 g/mol. The molecule has 0 aliphatic heterocycles. The van der Waals surface area contributed by atoms with Crippen LogP contribution in [0.25, 0.3) is 0 Å². The topological polar surface area (TPSA) is 80.3 Å². The zero-order chi connectivity index (χ0) is 23.0. The maximum absolute atomic E-state index is 10.8. The first-order valence-electron chi connectivity index (χ1n) is 13.1. The molecule has 0 N–H and O–H groups in total. The Morgan fingerprint density at radius 3 is 1.24 bits per heavy atom. The standard InChI is InChI=1S/C27H50O4.2Na/c1-2-3-4-5-6-7-8-9-10-11-12-13-14-15-16-17-18-19-20-21-22-23-25(27(30)31)24-26(28)29;;/h22-23,25H,2-21,24H2,1H3,(H,28,29)(H,30,31);;/q;2*+1/p-2/b23-22+;;. The fraction of sp³-hybridized carbons (Fsp3) is 0.852. The molecule has 0 saturated heterocycles. The number of carboxylic acids is 2. The van der Waals surface area contributed by atoms with E-state index in [0.29, 0.717) is 0 Å². The fourth-order valence-electron chi connectivity index (χ4n) is 4.01. The minimum atomic E-state index is -1.36. The van der Waals surface area contributed by atoms with Crippen LogP contribution in [0.2, 0.25) is 0 Å². The van der Waals surface area contributed by atoms with Crippen molar-refractivity contribution >= 4 is 11.9 Å². The molecule has 4 nitrogen and oxygen atoms in total. The molecule has 0 amide bonds. The van der Waals surface area contributed by atoms with Crippen molar-refractivity contribution in [1.29, 1.82) is 0 Å². The van der Waals surface area contributed by atoms with Crippen molar-refractivity contribution in [1.82, 2.24) is 0 Å². The Morgan fingerprint density at radius 1 is 0.606 bits per heavy atom. The Kier molecular flexibility index (Phi) is 35.6. The summed E-state index contributed by atoms with van der Waals surface area (Å²) in [5, 5.41) is 21.3. The van der Waals surface area contributed by atoms with E-state index in [1.165, 1.54) is 115 Å². The summed E-state index contributed by atoms with van der Waals surface area (Å²) >= 11 is 0. The number of hydrogen-bond acceptors (Lipinski definition) is 4. The van der Waals surface area contributed by atoms with Crippen molar-refractivity contribution in [2.24, 2.45) is 5.92 Å². The van der Waals surface area contributed by atoms with Gasteiger partial charge in [0.1, 0.15) is 0 Å². The first kappa shape index (κ1) is 38.2. The molecular weight excluding hydrogens is 434 g/mol. The first-order valence-corrected chi connectivity index (χ1v) is 13.1. The largest absolute Gasteiger partial charge is 1.00 e. The molecule has 182 valence electrons. The van der Waals surface area contributed by atoms with Gasteiger partial charge in [0.25, 0.3) is 0 Å². The third-order valence-corrected chi connectivity index (χ3v) is 6.03. The van der Waals surface area contributed by atoms with Gasteiger partial charge in [0.05, 0.1) is 0 Å². The SMILES string of the molecule is CCCCCCCCCCCCCCCCCCCCC/C=C/C(CC(=O)[O-])C(=O)[O-].[Na+].[Na+]. The van der Waals surface area contributed by atoms with Gasteiger partial charge in [-0.15, -0.1) is 0 Å². The predicted molar refractivity (Wildman–Crippen MR) is 125 cm³/mol. The van der Waals surface area contributed by atoms with Gasteiger partial charge in [-0.1, -0.05) is 135 Å². The number of carboxylic acid groups (broad SMARTS) is 2. The summed E-state index contributed by atoms with van der Waals surface area (Å²) in [5.41, 5.74) is 0. The van der Waals surface area contributed by atoms with Gasteiger partial charge >= 0.3 is 59.1 Å². The molecule has 0 rings (SSSR count). The third-order valence-electron chi connectivity index (χ3n) is 6.03. The minimum Gasteiger partial charge on any atom is -0.550 e. The smallest absolute Gasteiger partial charge is 0.550 e. The van der Waals surface area contributed by atoms with E-state index < -0.39 is 24.3 Å². The summed E-state index contributed by atoms with van der Waals surface area (Å²) in [7, 11) is 0. The second-order valence-corrected chi connectivity index (χ2v) is 9.08. The number of rotatable bonds is 24. The summed E-state index contributed by atoms with van der Waals surface area (Å²) in [6.45, 7) is 2.27. The van der Waals surface area contributed by atoms with Gasteiger partial charge in [-0.25, -0.2) is 0 Å². The number of carbonyl (C=O) groups excluding carboxylic acids is 2. The fourth-order valence-corrected chi connectivity index (χ4v) is 4.01. The van der Waals surface area contributed by atoms with Crippen LogP contribution in [-0.4, -0.2) is 11.9 Å². The number of hydrogen-bond donors (Lipinski definition) is 0. The van der Waals surface area contributed by atoms with Crippen LogP contribution in [0, 0.1) is 5.92 Å². The van der Waals surface area contributed by atoms with Gasteiger partial charge < -0.3 is 19.8 Å². The summed E-state index contributed by atoms with van der Waals surface area (Å²) in [5.74, 6) is -3.79. The molecule has 0 heterocycles. The zero-order valence-corrected chi connectivity index (χ0v) is 26.2. The summed E-state index contributed by atoms with van der Waals surface area (Å²) in [4.78, 5) is 21.3. The molecule has 0 aliphatic carbocycles. The van der Waals surface area contributed by atoms with Crippen LogP contribution in [0.3, 0.4) is 0 Å². The van der Waals surface area contributed by atoms with Gasteiger partial charge in [-0.3, -0.25) is 0 Å². The van der Waals surface area contributed by atoms with Gasteiger partial charge in [0, 0.05) is 17.9 Å². The molecule has 1 unspecified atom stereocenters. The summed E-state index contributed by atoms with van der Waals surface area (Å²) < 4.78 is 0. The Balaban J connectivity index is -0.00000450. The zero-order valence-electron chi connectivity index (χ0n) is 22.2. The number of aliphatic carboxylic acids is 2. The molecule has 0 radical (unpaired) electrons. The van der Waals surface area contributed by atoms with E-state index in [-0.39, 0.29) is 59.1 Å².